The van der Waals surface area contributed by atoms with Crippen LogP contribution < -0.4 is 0 Å². The van der Waals surface area contributed by atoms with Crippen LogP contribution in [0.4, 0.5) is 0 Å². The minimum Gasteiger partial charge on any atom is -0.481 e. The lowest BCUT2D eigenvalue weighted by Gasteiger charge is -2.21. The van der Waals surface area contributed by atoms with Crippen molar-refractivity contribution in [2.75, 3.05) is 32.1 Å². The van der Waals surface area contributed by atoms with Crippen LogP contribution in [0.25, 0.3) is 0 Å². The predicted molar refractivity (Wildman–Crippen MR) is 67.9 cm³/mol. The van der Waals surface area contributed by atoms with E-state index in [2.05, 4.69) is 0 Å². The molecule has 0 bridgehead atoms. The SMILES string of the molecule is CN(CCCC(C)(C)C(=O)O)CCS(C)(=O)=O. The summed E-state index contributed by atoms with van der Waals surface area (Å²) in [4.78, 5) is 12.8. The Hall–Kier alpha value is -0.620. The van der Waals surface area contributed by atoms with Gasteiger partial charge >= 0.3 is 5.97 Å². The molecule has 0 aromatic heterocycles. The van der Waals surface area contributed by atoms with Gasteiger partial charge in [-0.3, -0.25) is 4.79 Å². The van der Waals surface area contributed by atoms with Crippen LogP contribution in [0.5, 0.6) is 0 Å². The van der Waals surface area contributed by atoms with Gasteiger partial charge in [0.1, 0.15) is 9.84 Å². The third-order valence-electron chi connectivity index (χ3n) is 2.76. The summed E-state index contributed by atoms with van der Waals surface area (Å²) in [6.45, 7) is 4.61. The maximum Gasteiger partial charge on any atom is 0.309 e. The fraction of sp³-hybridized carbons (Fsp3) is 0.909. The lowest BCUT2D eigenvalue weighted by atomic mass is 9.88. The standard InChI is InChI=1S/C11H23NO4S/c1-11(2,10(13)14)6-5-7-12(3)8-9-17(4,15)16/h5-9H2,1-4H3,(H,13,14). The Morgan fingerprint density at radius 3 is 2.24 bits per heavy atom. The lowest BCUT2D eigenvalue weighted by molar-refractivity contribution is -0.147. The molecule has 0 amide bonds. The molecule has 0 atom stereocenters. The van der Waals surface area contributed by atoms with Gasteiger partial charge in [0, 0.05) is 12.8 Å². The molecule has 0 radical (unpaired) electrons. The summed E-state index contributed by atoms with van der Waals surface area (Å²) in [5.41, 5.74) is -0.711. The first-order chi connectivity index (χ1) is 7.54. The zero-order valence-corrected chi connectivity index (χ0v) is 11.9. The quantitative estimate of drug-likeness (QED) is 0.704. The molecule has 0 aliphatic rings. The lowest BCUT2D eigenvalue weighted by Crippen LogP contribution is -2.29. The van der Waals surface area contributed by atoms with Crippen LogP contribution in [0.3, 0.4) is 0 Å². The van der Waals surface area contributed by atoms with Gasteiger partial charge in [-0.1, -0.05) is 0 Å². The van der Waals surface area contributed by atoms with E-state index in [0.717, 1.165) is 6.42 Å². The van der Waals surface area contributed by atoms with Crippen molar-refractivity contribution in [2.24, 2.45) is 5.41 Å². The highest BCUT2D eigenvalue weighted by atomic mass is 32.2. The van der Waals surface area contributed by atoms with Gasteiger partial charge in [-0.15, -0.1) is 0 Å². The predicted octanol–water partition coefficient (Wildman–Crippen LogP) is 0.854. The fourth-order valence-corrected chi connectivity index (χ4v) is 1.97. The van der Waals surface area contributed by atoms with Crippen LogP contribution in [0, 0.1) is 5.41 Å². The Balaban J connectivity index is 3.87. The summed E-state index contributed by atoms with van der Waals surface area (Å²) >= 11 is 0. The van der Waals surface area contributed by atoms with E-state index in [-0.39, 0.29) is 5.75 Å². The number of hydrogen-bond acceptors (Lipinski definition) is 4. The summed E-state index contributed by atoms with van der Waals surface area (Å²) in [5, 5.41) is 8.92. The van der Waals surface area contributed by atoms with Crippen molar-refractivity contribution < 1.29 is 18.3 Å². The number of carboxylic acid groups (broad SMARTS) is 1. The Kier molecular flexibility index (Phi) is 6.12. The van der Waals surface area contributed by atoms with Crippen LogP contribution in [-0.2, 0) is 14.6 Å². The molecule has 0 spiro atoms. The topological polar surface area (TPSA) is 74.7 Å². The summed E-state index contributed by atoms with van der Waals surface area (Å²) < 4.78 is 21.9. The minimum absolute atomic E-state index is 0.145. The number of sulfone groups is 1. The Bertz CT molecular complexity index is 348. The van der Waals surface area contributed by atoms with Crippen molar-refractivity contribution in [3.63, 3.8) is 0 Å². The van der Waals surface area contributed by atoms with Gasteiger partial charge in [-0.05, 0) is 40.3 Å². The molecular formula is C11H23NO4S. The highest BCUT2D eigenvalue weighted by Gasteiger charge is 2.26. The van der Waals surface area contributed by atoms with E-state index in [1.807, 2.05) is 11.9 Å². The minimum atomic E-state index is -2.92. The molecule has 0 aliphatic heterocycles. The second kappa shape index (κ2) is 6.35. The molecule has 17 heavy (non-hydrogen) atoms. The first-order valence-electron chi connectivity index (χ1n) is 5.64. The number of aliphatic carboxylic acids is 1. The third kappa shape index (κ3) is 8.15. The van der Waals surface area contributed by atoms with Gasteiger partial charge in [0.05, 0.1) is 11.2 Å². The third-order valence-corrected chi connectivity index (χ3v) is 3.69. The number of rotatable bonds is 8. The molecule has 6 heteroatoms. The molecule has 5 nitrogen and oxygen atoms in total. The van der Waals surface area contributed by atoms with Gasteiger partial charge in [-0.2, -0.15) is 0 Å². The Labute approximate surface area is 104 Å². The van der Waals surface area contributed by atoms with E-state index < -0.39 is 21.2 Å². The van der Waals surface area contributed by atoms with Crippen molar-refractivity contribution in [3.05, 3.63) is 0 Å². The summed E-state index contributed by atoms with van der Waals surface area (Å²) in [6.07, 6.45) is 2.56. The zero-order chi connectivity index (χ0) is 13.7. The Morgan fingerprint density at radius 1 is 1.29 bits per heavy atom. The monoisotopic (exact) mass is 265 g/mol. The molecule has 0 rings (SSSR count). The van der Waals surface area contributed by atoms with Crippen molar-refractivity contribution in [2.45, 2.75) is 26.7 Å². The maximum atomic E-state index is 11.0. The van der Waals surface area contributed by atoms with Crippen molar-refractivity contribution in [3.8, 4) is 0 Å². The van der Waals surface area contributed by atoms with Crippen molar-refractivity contribution in [1.29, 1.82) is 0 Å². The van der Waals surface area contributed by atoms with Gasteiger partial charge in [0.25, 0.3) is 0 Å². The largest absolute Gasteiger partial charge is 0.481 e. The van der Waals surface area contributed by atoms with E-state index >= 15 is 0 Å². The first kappa shape index (κ1) is 16.4. The second-order valence-corrected chi connectivity index (χ2v) is 7.49. The van der Waals surface area contributed by atoms with E-state index in [1.54, 1.807) is 13.8 Å². The molecule has 102 valence electrons. The van der Waals surface area contributed by atoms with Crippen LogP contribution in [-0.4, -0.2) is 56.5 Å². The molecule has 0 unspecified atom stereocenters. The molecule has 0 aromatic carbocycles. The van der Waals surface area contributed by atoms with E-state index in [0.29, 0.717) is 19.5 Å². The van der Waals surface area contributed by atoms with Crippen molar-refractivity contribution in [1.82, 2.24) is 4.90 Å². The van der Waals surface area contributed by atoms with Gasteiger partial charge in [-0.25, -0.2) is 8.42 Å². The highest BCUT2D eigenvalue weighted by molar-refractivity contribution is 7.90. The van der Waals surface area contributed by atoms with E-state index in [9.17, 15) is 13.2 Å². The second-order valence-electron chi connectivity index (χ2n) is 5.23. The number of carbonyl (C=O) groups is 1. The van der Waals surface area contributed by atoms with Crippen LogP contribution in [0.1, 0.15) is 26.7 Å². The van der Waals surface area contributed by atoms with Gasteiger partial charge in [0.15, 0.2) is 0 Å². The smallest absolute Gasteiger partial charge is 0.309 e. The number of nitrogens with zero attached hydrogens (tertiary/aromatic N) is 1. The zero-order valence-electron chi connectivity index (χ0n) is 11.1. The van der Waals surface area contributed by atoms with E-state index in [4.69, 9.17) is 5.11 Å². The summed E-state index contributed by atoms with van der Waals surface area (Å²) in [5.74, 6) is -0.650. The molecule has 0 aliphatic carbocycles. The van der Waals surface area contributed by atoms with Crippen LogP contribution in [0.15, 0.2) is 0 Å². The maximum absolute atomic E-state index is 11.0. The summed E-state index contributed by atoms with van der Waals surface area (Å²) in [6, 6.07) is 0. The molecule has 0 fully saturated rings. The highest BCUT2D eigenvalue weighted by Crippen LogP contribution is 2.22. The molecule has 0 saturated carbocycles. The average Bonchev–Trinajstić information content (AvgIpc) is 2.13. The number of hydrogen-bond donors (Lipinski definition) is 1. The molecule has 1 N–H and O–H groups in total. The molecule has 0 aromatic rings. The van der Waals surface area contributed by atoms with Crippen molar-refractivity contribution >= 4 is 15.8 Å². The van der Waals surface area contributed by atoms with Gasteiger partial charge in [0.2, 0.25) is 0 Å². The fourth-order valence-electron chi connectivity index (χ4n) is 1.33. The van der Waals surface area contributed by atoms with Crippen LogP contribution >= 0.6 is 0 Å². The summed E-state index contributed by atoms with van der Waals surface area (Å²) in [7, 11) is -1.08. The average molecular weight is 265 g/mol. The normalized spacial score (nSPS) is 13.0. The molecule has 0 saturated heterocycles. The van der Waals surface area contributed by atoms with Crippen LogP contribution in [0.2, 0.25) is 0 Å². The molecule has 0 heterocycles. The first-order valence-corrected chi connectivity index (χ1v) is 7.70. The van der Waals surface area contributed by atoms with E-state index in [1.165, 1.54) is 6.26 Å². The molecular weight excluding hydrogens is 242 g/mol. The van der Waals surface area contributed by atoms with Gasteiger partial charge < -0.3 is 10.0 Å². The number of carboxylic acids is 1. The Morgan fingerprint density at radius 2 is 1.82 bits per heavy atom.